The molecule has 0 bridgehead atoms. The Morgan fingerprint density at radius 2 is 1.73 bits per heavy atom. The van der Waals surface area contributed by atoms with Gasteiger partial charge in [-0.15, -0.1) is 0 Å². The maximum absolute atomic E-state index is 12.2. The first-order valence-electron chi connectivity index (χ1n) is 14.2. The Bertz CT molecular complexity index is 925. The molecule has 10 heteroatoms. The quantitative estimate of drug-likeness (QED) is 0.146. The van der Waals surface area contributed by atoms with Crippen LogP contribution in [0.4, 0.5) is 0 Å². The zero-order valence-corrected chi connectivity index (χ0v) is 24.4. The summed E-state index contributed by atoms with van der Waals surface area (Å²) in [4.78, 5) is 24.0. The number of amides is 2. The minimum Gasteiger partial charge on any atom is -0.491 e. The first-order valence-corrected chi connectivity index (χ1v) is 14.2. The van der Waals surface area contributed by atoms with Gasteiger partial charge in [0.05, 0.1) is 33.0 Å². The summed E-state index contributed by atoms with van der Waals surface area (Å²) in [5.41, 5.74) is 0.294. The molecule has 0 heterocycles. The molecule has 1 aromatic rings. The molecule has 3 N–H and O–H groups in total. The molecule has 0 aliphatic heterocycles. The van der Waals surface area contributed by atoms with Crippen molar-refractivity contribution in [2.75, 3.05) is 79.5 Å². The number of likely N-dealkylation sites (N-methyl/N-ethyl adjacent to an activating group) is 1. The summed E-state index contributed by atoms with van der Waals surface area (Å²) < 4.78 is 28.4. The second-order valence-corrected chi connectivity index (χ2v) is 9.91. The molecule has 1 saturated carbocycles. The molecular formula is C30H47N3O7. The van der Waals surface area contributed by atoms with Crippen molar-refractivity contribution in [3.05, 3.63) is 29.8 Å². The van der Waals surface area contributed by atoms with Crippen molar-refractivity contribution in [2.24, 2.45) is 5.92 Å². The van der Waals surface area contributed by atoms with E-state index in [0.717, 1.165) is 12.8 Å². The van der Waals surface area contributed by atoms with Crippen molar-refractivity contribution >= 4 is 11.8 Å². The fourth-order valence-electron chi connectivity index (χ4n) is 3.51. The maximum atomic E-state index is 12.2. The minimum absolute atomic E-state index is 0.00905. The molecule has 2 amide bonds. The van der Waals surface area contributed by atoms with Crippen LogP contribution in [0.1, 0.15) is 49.9 Å². The summed E-state index contributed by atoms with van der Waals surface area (Å²) in [6.45, 7) is 9.51. The Balaban J connectivity index is 1.43. The fourth-order valence-corrected chi connectivity index (χ4v) is 3.51. The second-order valence-electron chi connectivity index (χ2n) is 9.91. The summed E-state index contributed by atoms with van der Waals surface area (Å²) >= 11 is 0. The molecule has 0 unspecified atom stereocenters. The van der Waals surface area contributed by atoms with Gasteiger partial charge < -0.3 is 39.6 Å². The Hall–Kier alpha value is -2.68. The molecule has 1 aliphatic carbocycles. The summed E-state index contributed by atoms with van der Waals surface area (Å²) in [6, 6.07) is 7.18. The number of carbonyl (C=O) groups is 2. The number of rotatable bonds is 22. The van der Waals surface area contributed by atoms with Gasteiger partial charge >= 0.3 is 0 Å². The highest BCUT2D eigenvalue weighted by atomic mass is 16.6. The van der Waals surface area contributed by atoms with Crippen molar-refractivity contribution in [3.8, 4) is 17.6 Å². The van der Waals surface area contributed by atoms with Crippen molar-refractivity contribution in [2.45, 2.75) is 45.1 Å². The molecule has 0 spiro atoms. The van der Waals surface area contributed by atoms with Gasteiger partial charge in [-0.05, 0) is 44.5 Å². The summed E-state index contributed by atoms with van der Waals surface area (Å²) in [5.74, 6) is 6.82. The van der Waals surface area contributed by atoms with Crippen molar-refractivity contribution < 1.29 is 33.3 Å². The lowest BCUT2D eigenvalue weighted by molar-refractivity contribution is -0.121. The Kier molecular flexibility index (Phi) is 17.0. The molecule has 40 heavy (non-hydrogen) atoms. The van der Waals surface area contributed by atoms with E-state index >= 15 is 0 Å². The molecule has 1 fully saturated rings. The molecule has 0 radical (unpaired) electrons. The number of carbonyl (C=O) groups excluding carboxylic acids is 2. The summed E-state index contributed by atoms with van der Waals surface area (Å²) in [5, 5.41) is 8.68. The number of ether oxygens (including phenoxy) is 5. The molecule has 0 atom stereocenters. The van der Waals surface area contributed by atoms with Gasteiger partial charge in [0.1, 0.15) is 24.6 Å². The first kappa shape index (κ1) is 33.5. The third-order valence-electron chi connectivity index (χ3n) is 5.90. The third-order valence-corrected chi connectivity index (χ3v) is 5.90. The Labute approximate surface area is 239 Å². The van der Waals surface area contributed by atoms with E-state index < -0.39 is 0 Å². The van der Waals surface area contributed by atoms with E-state index in [4.69, 9.17) is 23.7 Å². The normalized spacial score (nSPS) is 13.4. The standard InChI is InChI=1S/C30H47N3O7/c1-25(2)7-5-16-36-18-15-32-28(34)10-6-17-37-19-20-38-21-22-40-30(11-12-30)24-39-27-9-4-8-26(23-27)29(35)33-14-13-31-3/h4,8-9,23,25,31H,6,10-22,24H2,1-3H3,(H,32,34)(H,33,35). The molecule has 1 aliphatic rings. The van der Waals surface area contributed by atoms with Crippen LogP contribution in [-0.4, -0.2) is 97.0 Å². The number of nitrogens with one attached hydrogen (secondary N) is 3. The number of hydrogen-bond acceptors (Lipinski definition) is 8. The van der Waals surface area contributed by atoms with Gasteiger partial charge in [0.15, 0.2) is 0 Å². The van der Waals surface area contributed by atoms with Crippen LogP contribution < -0.4 is 20.7 Å². The van der Waals surface area contributed by atoms with E-state index in [2.05, 4.69) is 27.8 Å². The van der Waals surface area contributed by atoms with E-state index in [1.807, 2.05) is 33.0 Å². The van der Waals surface area contributed by atoms with Crippen LogP contribution in [-0.2, 0) is 23.7 Å². The van der Waals surface area contributed by atoms with E-state index in [1.165, 1.54) is 0 Å². The van der Waals surface area contributed by atoms with Gasteiger partial charge in [-0.3, -0.25) is 9.59 Å². The van der Waals surface area contributed by atoms with Gasteiger partial charge in [0.2, 0.25) is 5.91 Å². The molecule has 224 valence electrons. The predicted octanol–water partition coefficient (Wildman–Crippen LogP) is 2.17. The predicted molar refractivity (Wildman–Crippen MR) is 153 cm³/mol. The Morgan fingerprint density at radius 1 is 0.950 bits per heavy atom. The monoisotopic (exact) mass is 561 g/mol. The van der Waals surface area contributed by atoms with Crippen LogP contribution in [0.2, 0.25) is 0 Å². The molecule has 1 aromatic carbocycles. The van der Waals surface area contributed by atoms with E-state index in [0.29, 0.717) is 103 Å². The highest BCUT2D eigenvalue weighted by Crippen LogP contribution is 2.40. The van der Waals surface area contributed by atoms with Gasteiger partial charge in [-0.2, -0.15) is 0 Å². The van der Waals surface area contributed by atoms with Gasteiger partial charge in [-0.1, -0.05) is 31.8 Å². The third kappa shape index (κ3) is 15.8. The molecular weight excluding hydrogens is 514 g/mol. The minimum atomic E-state index is -0.278. The first-order chi connectivity index (χ1) is 19.4. The van der Waals surface area contributed by atoms with Crippen LogP contribution in [0, 0.1) is 17.8 Å². The zero-order valence-electron chi connectivity index (χ0n) is 24.4. The van der Waals surface area contributed by atoms with Crippen LogP contribution in [0.5, 0.6) is 5.75 Å². The molecule has 0 saturated heterocycles. The second kappa shape index (κ2) is 20.2. The fraction of sp³-hybridized carbons (Fsp3) is 0.667. The van der Waals surface area contributed by atoms with E-state index in [9.17, 15) is 9.59 Å². The highest BCUT2D eigenvalue weighted by molar-refractivity contribution is 5.94. The van der Waals surface area contributed by atoms with Crippen LogP contribution >= 0.6 is 0 Å². The van der Waals surface area contributed by atoms with Gasteiger partial charge in [-0.25, -0.2) is 0 Å². The smallest absolute Gasteiger partial charge is 0.251 e. The van der Waals surface area contributed by atoms with E-state index in [1.54, 1.807) is 12.1 Å². The van der Waals surface area contributed by atoms with Crippen LogP contribution in [0.3, 0.4) is 0 Å². The van der Waals surface area contributed by atoms with Crippen LogP contribution in [0.25, 0.3) is 0 Å². The zero-order chi connectivity index (χ0) is 28.9. The lowest BCUT2D eigenvalue weighted by atomic mass is 10.2. The number of hydrogen-bond donors (Lipinski definition) is 3. The largest absolute Gasteiger partial charge is 0.491 e. The topological polar surface area (TPSA) is 116 Å². The summed E-state index contributed by atoms with van der Waals surface area (Å²) in [7, 11) is 1.84. The average molecular weight is 562 g/mol. The Morgan fingerprint density at radius 3 is 2.48 bits per heavy atom. The highest BCUT2D eigenvalue weighted by Gasteiger charge is 2.45. The lowest BCUT2D eigenvalue weighted by Gasteiger charge is -2.18. The van der Waals surface area contributed by atoms with Gasteiger partial charge in [0, 0.05) is 44.1 Å². The maximum Gasteiger partial charge on any atom is 0.251 e. The van der Waals surface area contributed by atoms with Gasteiger partial charge in [0.25, 0.3) is 5.91 Å². The van der Waals surface area contributed by atoms with Crippen molar-refractivity contribution in [1.29, 1.82) is 0 Å². The van der Waals surface area contributed by atoms with Crippen molar-refractivity contribution in [1.82, 2.24) is 16.0 Å². The van der Waals surface area contributed by atoms with Crippen molar-refractivity contribution in [3.63, 3.8) is 0 Å². The SMILES string of the molecule is CNCCNC(=O)c1cccc(OCC2(OCCOCCOCCCC(=O)NCCOCC#CC(C)C)CC2)c1. The lowest BCUT2D eigenvalue weighted by Crippen LogP contribution is -2.30. The molecule has 10 nitrogen and oxygen atoms in total. The average Bonchev–Trinajstić information content (AvgIpc) is 3.72. The summed E-state index contributed by atoms with van der Waals surface area (Å²) in [6.07, 6.45) is 2.95. The van der Waals surface area contributed by atoms with Crippen LogP contribution in [0.15, 0.2) is 24.3 Å². The number of benzene rings is 1. The molecule has 0 aromatic heterocycles. The van der Waals surface area contributed by atoms with E-state index in [-0.39, 0.29) is 17.4 Å². The molecule has 2 rings (SSSR count).